The SMILES string of the molecule is COc1ccc2c(c1)c([C@@H](c1ccc(N(C)C)cc1)c1ccc([NH+](C)C)cc1)c1n2C(=O)O[B-]1(F)F.COc1ccc2c(c1)c([C@H](c1ccc(N(C)C)cc1)c1ccc([NH+](C)C)cc1)c1n2C(=O)O[B-]1(F)F. The molecule has 10 rings (SSSR count). The molecule has 2 N–H and O–H groups in total. The summed E-state index contributed by atoms with van der Waals surface area (Å²) < 4.78 is 83.5. The third-order valence-corrected chi connectivity index (χ3v) is 13.7. The van der Waals surface area contributed by atoms with Gasteiger partial charge in [-0.15, -0.1) is 0 Å². The first-order valence-electron chi connectivity index (χ1n) is 23.5. The van der Waals surface area contributed by atoms with Crippen molar-refractivity contribution in [3.05, 3.63) is 167 Å². The van der Waals surface area contributed by atoms with Gasteiger partial charge >= 0.3 is 26.0 Å². The zero-order valence-corrected chi connectivity index (χ0v) is 41.8. The third kappa shape index (κ3) is 8.68. The number of rotatable bonds is 12. The Morgan fingerprint density at radius 2 is 0.792 bits per heavy atom. The van der Waals surface area contributed by atoms with Crippen molar-refractivity contribution in [2.75, 3.05) is 80.4 Å². The van der Waals surface area contributed by atoms with Crippen LogP contribution in [0.5, 0.6) is 11.5 Å². The van der Waals surface area contributed by atoms with E-state index in [0.29, 0.717) is 44.4 Å². The van der Waals surface area contributed by atoms with Crippen molar-refractivity contribution in [2.45, 2.75) is 11.8 Å². The molecular formula is C54H56B2F4N6O6. The average Bonchev–Trinajstić information content (AvgIpc) is 4.03. The zero-order chi connectivity index (χ0) is 51.6. The van der Waals surface area contributed by atoms with Crippen molar-refractivity contribution < 1.29 is 55.4 Å². The number of halogens is 4. The van der Waals surface area contributed by atoms with Gasteiger partial charge in [0, 0.05) is 62.2 Å². The molecule has 4 heterocycles. The first-order chi connectivity index (χ1) is 34.2. The second-order valence-electron chi connectivity index (χ2n) is 19.1. The average molecular weight is 983 g/mol. The number of methoxy groups -OCH3 is 2. The number of fused-ring (bicyclic) bond motifs is 6. The smallest absolute Gasteiger partial charge is 0.553 e. The molecule has 0 amide bonds. The molecule has 0 aliphatic carbocycles. The van der Waals surface area contributed by atoms with E-state index in [-0.39, 0.29) is 11.2 Å². The molecule has 6 aromatic carbocycles. The van der Waals surface area contributed by atoms with Crippen LogP contribution in [0.3, 0.4) is 0 Å². The maximum absolute atomic E-state index is 15.4. The van der Waals surface area contributed by atoms with E-state index in [1.807, 2.05) is 163 Å². The number of ether oxygens (including phenoxy) is 2. The van der Waals surface area contributed by atoms with Gasteiger partial charge in [-0.05, 0) is 129 Å². The zero-order valence-electron chi connectivity index (χ0n) is 41.8. The van der Waals surface area contributed by atoms with E-state index in [4.69, 9.17) is 9.47 Å². The highest BCUT2D eigenvalue weighted by Crippen LogP contribution is 2.43. The summed E-state index contributed by atoms with van der Waals surface area (Å²) in [6.07, 6.45) is -2.13. The molecule has 0 spiro atoms. The molecule has 372 valence electrons. The first kappa shape index (κ1) is 49.3. The van der Waals surface area contributed by atoms with Gasteiger partial charge in [0.1, 0.15) is 22.9 Å². The monoisotopic (exact) mass is 982 g/mol. The summed E-state index contributed by atoms with van der Waals surface area (Å²) in [4.78, 5) is 31.5. The fourth-order valence-electron chi connectivity index (χ4n) is 10.0. The number of nitrogens with one attached hydrogen (secondary N) is 2. The minimum absolute atomic E-state index is 0.349. The van der Waals surface area contributed by atoms with Gasteiger partial charge in [-0.1, -0.05) is 48.5 Å². The maximum atomic E-state index is 15.4. The van der Waals surface area contributed by atoms with Crippen LogP contribution in [0.1, 0.15) is 45.2 Å². The third-order valence-electron chi connectivity index (χ3n) is 13.7. The lowest BCUT2D eigenvalue weighted by Gasteiger charge is -2.25. The number of anilines is 2. The van der Waals surface area contributed by atoms with Gasteiger partial charge in [-0.2, -0.15) is 0 Å². The fourth-order valence-corrected chi connectivity index (χ4v) is 10.0. The molecule has 12 nitrogen and oxygen atoms in total. The van der Waals surface area contributed by atoms with Crippen LogP contribution >= 0.6 is 0 Å². The molecule has 72 heavy (non-hydrogen) atoms. The minimum atomic E-state index is -4.55. The lowest BCUT2D eigenvalue weighted by atomic mass is 9.73. The summed E-state index contributed by atoms with van der Waals surface area (Å²) in [5.41, 5.74) is 8.13. The molecule has 0 radical (unpaired) electrons. The summed E-state index contributed by atoms with van der Waals surface area (Å²) in [7, 11) is 18.9. The van der Waals surface area contributed by atoms with E-state index in [0.717, 1.165) is 63.9 Å². The van der Waals surface area contributed by atoms with Crippen molar-refractivity contribution in [1.29, 1.82) is 0 Å². The Labute approximate surface area is 415 Å². The predicted molar refractivity (Wildman–Crippen MR) is 277 cm³/mol. The van der Waals surface area contributed by atoms with E-state index in [9.17, 15) is 9.59 Å². The van der Waals surface area contributed by atoms with Crippen LogP contribution < -0.4 is 40.3 Å². The number of nitrogens with zero attached hydrogens (tertiary/aromatic N) is 4. The largest absolute Gasteiger partial charge is 0.616 e. The second-order valence-corrected chi connectivity index (χ2v) is 19.1. The Balaban J connectivity index is 0.000000178. The molecule has 2 atom stereocenters. The molecule has 8 aromatic rings. The number of carbonyl (C=O) groups is 2. The van der Waals surface area contributed by atoms with Crippen LogP contribution in [0, 0.1) is 0 Å². The van der Waals surface area contributed by atoms with Gasteiger partial charge in [0.15, 0.2) is 0 Å². The van der Waals surface area contributed by atoms with Crippen LogP contribution in [0.2, 0.25) is 0 Å². The number of benzene rings is 6. The highest BCUT2D eigenvalue weighted by molar-refractivity contribution is 6.78. The van der Waals surface area contributed by atoms with Crippen molar-refractivity contribution >= 4 is 81.7 Å². The molecular weight excluding hydrogens is 926 g/mol. The van der Waals surface area contributed by atoms with Gasteiger partial charge in [0.2, 0.25) is 0 Å². The summed E-state index contributed by atoms with van der Waals surface area (Å²) >= 11 is 0. The summed E-state index contributed by atoms with van der Waals surface area (Å²) in [6, 6.07) is 41.5. The molecule has 2 aliphatic rings. The topological polar surface area (TPSA) is 96.3 Å². The normalized spacial score (nSPS) is 15.2. The van der Waals surface area contributed by atoms with Crippen molar-refractivity contribution in [3.8, 4) is 11.5 Å². The number of aromatic nitrogens is 2. The Hall–Kier alpha value is -7.69. The molecule has 0 bridgehead atoms. The lowest BCUT2D eigenvalue weighted by molar-refractivity contribution is -0.786. The van der Waals surface area contributed by atoms with Crippen molar-refractivity contribution in [2.24, 2.45) is 0 Å². The highest BCUT2D eigenvalue weighted by atomic mass is 19.3. The molecule has 2 aliphatic heterocycles. The van der Waals surface area contributed by atoms with Crippen LogP contribution in [-0.4, -0.2) is 106 Å². The fraction of sp³-hybridized carbons (Fsp3) is 0.222. The van der Waals surface area contributed by atoms with Gasteiger partial charge in [-0.25, -0.2) is 9.59 Å². The quantitative estimate of drug-likeness (QED) is 0.0961. The van der Waals surface area contributed by atoms with E-state index in [1.54, 1.807) is 36.4 Å². The standard InChI is InChI=1S/2C27H27BF2N3O3/c2*1-31(2)19-10-6-17(7-11-19)24(18-8-12-20(13-9-18)32(3)4)25-22-16-21(35-5)14-15-23(22)33-26(25)28(29,30)36-27(33)34/h2*6-16,24H,1-5H3/q2*-1/p+2. The first-order valence-corrected chi connectivity index (χ1v) is 23.5. The summed E-state index contributed by atoms with van der Waals surface area (Å²) in [6.45, 7) is -9.10. The molecule has 0 saturated carbocycles. The van der Waals surface area contributed by atoms with Crippen LogP contribution in [0.4, 0.5) is 49.6 Å². The van der Waals surface area contributed by atoms with Gasteiger partial charge in [0.05, 0.1) is 53.4 Å². The van der Waals surface area contributed by atoms with Gasteiger partial charge < -0.3 is 55.6 Å². The van der Waals surface area contributed by atoms with Gasteiger partial charge in [0.25, 0.3) is 0 Å². The predicted octanol–water partition coefficient (Wildman–Crippen LogP) is 7.51. The number of hydrogen-bond acceptors (Lipinski definition) is 8. The summed E-state index contributed by atoms with van der Waals surface area (Å²) in [5.74, 6) is -0.100. The van der Waals surface area contributed by atoms with E-state index < -0.39 is 37.8 Å². The van der Waals surface area contributed by atoms with E-state index in [1.165, 1.54) is 14.2 Å². The number of hydrogen-bond donors (Lipinski definition) is 2. The van der Waals surface area contributed by atoms with Crippen LogP contribution in [-0.2, 0) is 9.31 Å². The maximum Gasteiger partial charge on any atom is 0.553 e. The van der Waals surface area contributed by atoms with Crippen LogP contribution in [0.15, 0.2) is 133 Å². The molecule has 0 fully saturated rings. The Kier molecular flexibility index (Phi) is 12.9. The molecule has 0 unspecified atom stereocenters. The second kappa shape index (κ2) is 18.8. The lowest BCUT2D eigenvalue weighted by Crippen LogP contribution is -3.00. The molecule has 2 aromatic heterocycles. The highest BCUT2D eigenvalue weighted by Gasteiger charge is 2.49. The van der Waals surface area contributed by atoms with E-state index in [2.05, 4.69) is 9.31 Å². The Bertz CT molecular complexity index is 3020. The summed E-state index contributed by atoms with van der Waals surface area (Å²) in [5, 5.41) is 1.07. The Morgan fingerprint density at radius 3 is 1.07 bits per heavy atom. The van der Waals surface area contributed by atoms with Crippen molar-refractivity contribution in [3.63, 3.8) is 0 Å². The van der Waals surface area contributed by atoms with Crippen molar-refractivity contribution in [1.82, 2.24) is 9.13 Å². The Morgan fingerprint density at radius 1 is 0.486 bits per heavy atom. The van der Waals surface area contributed by atoms with Gasteiger partial charge in [-0.3, -0.25) is 9.13 Å². The van der Waals surface area contributed by atoms with Crippen LogP contribution in [0.25, 0.3) is 21.8 Å². The molecule has 18 heteroatoms. The van der Waals surface area contributed by atoms with E-state index >= 15 is 17.3 Å². The minimum Gasteiger partial charge on any atom is -0.616 e. The molecule has 0 saturated heterocycles. The number of carbonyl (C=O) groups excluding carboxylic acids is 2. The number of quaternary nitrogens is 2.